The average molecular weight is 552 g/mol. The second-order valence-electron chi connectivity index (χ2n) is 6.61. The van der Waals surface area contributed by atoms with Crippen LogP contribution in [0.5, 0.6) is 17.2 Å². The molecular weight excluding hydrogens is 523 g/mol. The third-order valence-electron chi connectivity index (χ3n) is 4.44. The number of nitrogens with one attached hydrogen (secondary N) is 2. The van der Waals surface area contributed by atoms with E-state index in [0.717, 1.165) is 17.7 Å². The van der Waals surface area contributed by atoms with E-state index in [1.54, 1.807) is 27.5 Å². The van der Waals surface area contributed by atoms with Gasteiger partial charge in [0.25, 0.3) is 0 Å². The van der Waals surface area contributed by atoms with Crippen molar-refractivity contribution < 1.29 is 18.6 Å². The van der Waals surface area contributed by atoms with Crippen LogP contribution in [0.3, 0.4) is 0 Å². The number of aromatic nitrogens is 1. The topological polar surface area (TPSA) is 90.1 Å². The highest BCUT2D eigenvalue weighted by Crippen LogP contribution is 2.27. The van der Waals surface area contributed by atoms with Crippen molar-refractivity contribution in [2.24, 2.45) is 4.99 Å². The number of benzene rings is 2. The number of guanidine groups is 1. The highest BCUT2D eigenvalue weighted by molar-refractivity contribution is 14.0. The van der Waals surface area contributed by atoms with Crippen molar-refractivity contribution in [1.82, 2.24) is 15.6 Å². The number of hydrogen-bond donors (Lipinski definition) is 2. The van der Waals surface area contributed by atoms with Crippen molar-refractivity contribution in [2.75, 3.05) is 34.4 Å². The molecule has 0 amide bonds. The zero-order chi connectivity index (χ0) is 21.9. The molecule has 0 unspecified atom stereocenters. The zero-order valence-electron chi connectivity index (χ0n) is 18.5. The largest absolute Gasteiger partial charge is 0.496 e. The van der Waals surface area contributed by atoms with Gasteiger partial charge in [0.05, 0.1) is 33.1 Å². The number of methoxy groups -OCH3 is 2. The zero-order valence-corrected chi connectivity index (χ0v) is 20.8. The van der Waals surface area contributed by atoms with Crippen molar-refractivity contribution in [3.8, 4) is 28.7 Å². The fourth-order valence-corrected chi connectivity index (χ4v) is 2.83. The highest BCUT2D eigenvalue weighted by Gasteiger charge is 2.07. The van der Waals surface area contributed by atoms with Crippen LogP contribution in [0.15, 0.2) is 64.2 Å². The van der Waals surface area contributed by atoms with Crippen LogP contribution < -0.4 is 24.8 Å². The van der Waals surface area contributed by atoms with Crippen molar-refractivity contribution >= 4 is 29.9 Å². The lowest BCUT2D eigenvalue weighted by Crippen LogP contribution is -2.37. The fourth-order valence-electron chi connectivity index (χ4n) is 2.83. The Labute approximate surface area is 205 Å². The third kappa shape index (κ3) is 7.63. The van der Waals surface area contributed by atoms with Crippen molar-refractivity contribution in [3.05, 3.63) is 60.5 Å². The van der Waals surface area contributed by atoms with Gasteiger partial charge in [0, 0.05) is 37.4 Å². The van der Waals surface area contributed by atoms with Gasteiger partial charge in [-0.15, -0.1) is 24.0 Å². The van der Waals surface area contributed by atoms with E-state index in [-0.39, 0.29) is 24.0 Å². The number of hydrogen-bond acceptors (Lipinski definition) is 6. The molecule has 0 saturated carbocycles. The summed E-state index contributed by atoms with van der Waals surface area (Å²) in [6.07, 6.45) is 2.45. The summed E-state index contributed by atoms with van der Waals surface area (Å²) in [6, 6.07) is 15.3. The van der Waals surface area contributed by atoms with Crippen molar-refractivity contribution in [3.63, 3.8) is 0 Å². The van der Waals surface area contributed by atoms with Gasteiger partial charge < -0.3 is 29.3 Å². The van der Waals surface area contributed by atoms with Gasteiger partial charge in [-0.1, -0.05) is 18.2 Å². The normalized spacial score (nSPS) is 10.8. The van der Waals surface area contributed by atoms with Crippen LogP contribution in [-0.2, 0) is 6.54 Å². The Morgan fingerprint density at radius 2 is 1.69 bits per heavy atom. The number of rotatable bonds is 10. The smallest absolute Gasteiger partial charge is 0.226 e. The first-order valence-electron chi connectivity index (χ1n) is 10.0. The van der Waals surface area contributed by atoms with E-state index in [9.17, 15) is 0 Å². The van der Waals surface area contributed by atoms with E-state index in [4.69, 9.17) is 18.6 Å². The first-order valence-corrected chi connectivity index (χ1v) is 10.0. The SMILES string of the molecule is CN=C(NCCCOc1cc(OC)cc(OC)c1)NCc1coc(-c2ccccc2)n1.I. The van der Waals surface area contributed by atoms with Gasteiger partial charge in [-0.3, -0.25) is 4.99 Å². The molecule has 3 aromatic rings. The Balaban J connectivity index is 0.00000363. The first kappa shape index (κ1) is 25.3. The van der Waals surface area contributed by atoms with E-state index in [0.29, 0.717) is 48.8 Å². The average Bonchev–Trinajstić information content (AvgIpc) is 3.30. The minimum Gasteiger partial charge on any atom is -0.496 e. The molecule has 0 aliphatic rings. The van der Waals surface area contributed by atoms with E-state index in [1.165, 1.54) is 0 Å². The van der Waals surface area contributed by atoms with Crippen LogP contribution in [0.2, 0.25) is 0 Å². The first-order chi connectivity index (χ1) is 15.2. The lowest BCUT2D eigenvalue weighted by Gasteiger charge is -2.12. The lowest BCUT2D eigenvalue weighted by atomic mass is 10.2. The summed E-state index contributed by atoms with van der Waals surface area (Å²) in [5.41, 5.74) is 1.75. The Bertz CT molecular complexity index is 957. The maximum absolute atomic E-state index is 5.80. The Kier molecular flexibility index (Phi) is 10.6. The second-order valence-corrected chi connectivity index (χ2v) is 6.61. The van der Waals surface area contributed by atoms with Crippen LogP contribution >= 0.6 is 24.0 Å². The Hall–Kier alpha value is -2.95. The third-order valence-corrected chi connectivity index (χ3v) is 4.44. The highest BCUT2D eigenvalue weighted by atomic mass is 127. The maximum atomic E-state index is 5.80. The number of oxazole rings is 1. The van der Waals surface area contributed by atoms with Crippen LogP contribution in [0, 0.1) is 0 Å². The molecule has 0 saturated heterocycles. The summed E-state index contributed by atoms with van der Waals surface area (Å²) in [7, 11) is 4.96. The molecule has 0 bridgehead atoms. The quantitative estimate of drug-likeness (QED) is 0.169. The van der Waals surface area contributed by atoms with Crippen LogP contribution in [0.1, 0.15) is 12.1 Å². The number of ether oxygens (including phenoxy) is 3. The van der Waals surface area contributed by atoms with Crippen LogP contribution in [-0.4, -0.2) is 45.4 Å². The lowest BCUT2D eigenvalue weighted by molar-refractivity contribution is 0.305. The summed E-state index contributed by atoms with van der Waals surface area (Å²) >= 11 is 0. The molecule has 0 atom stereocenters. The van der Waals surface area contributed by atoms with Gasteiger partial charge in [0.1, 0.15) is 23.5 Å². The second kappa shape index (κ2) is 13.5. The molecule has 0 radical (unpaired) electrons. The van der Waals surface area contributed by atoms with E-state index < -0.39 is 0 Å². The van der Waals surface area contributed by atoms with Crippen LogP contribution in [0.25, 0.3) is 11.5 Å². The van der Waals surface area contributed by atoms with E-state index >= 15 is 0 Å². The predicted octanol–water partition coefficient (Wildman–Crippen LogP) is 4.11. The number of nitrogens with zero attached hydrogens (tertiary/aromatic N) is 2. The van der Waals surface area contributed by atoms with Gasteiger partial charge in [-0.2, -0.15) is 0 Å². The molecule has 0 aliphatic heterocycles. The van der Waals surface area contributed by atoms with Crippen molar-refractivity contribution in [1.29, 1.82) is 0 Å². The molecule has 0 fully saturated rings. The number of aliphatic imine (C=N–C) groups is 1. The van der Waals surface area contributed by atoms with Crippen LogP contribution in [0.4, 0.5) is 0 Å². The molecule has 2 N–H and O–H groups in total. The van der Waals surface area contributed by atoms with Gasteiger partial charge in [0.2, 0.25) is 5.89 Å². The molecule has 9 heteroatoms. The molecule has 32 heavy (non-hydrogen) atoms. The Morgan fingerprint density at radius 3 is 2.34 bits per heavy atom. The summed E-state index contributed by atoms with van der Waals surface area (Å²) in [4.78, 5) is 8.74. The maximum Gasteiger partial charge on any atom is 0.226 e. The minimum absolute atomic E-state index is 0. The fraction of sp³-hybridized carbons (Fsp3) is 0.304. The molecule has 3 rings (SSSR count). The Morgan fingerprint density at radius 1 is 1.00 bits per heavy atom. The molecule has 0 aliphatic carbocycles. The molecule has 8 nitrogen and oxygen atoms in total. The molecule has 1 heterocycles. The molecular formula is C23H29IN4O4. The standard InChI is InChI=1S/C23H28N4O4.HI/c1-24-23(26-15-18-16-31-22(27-18)17-8-5-4-6-9-17)25-10-7-11-30-21-13-19(28-2)12-20(14-21)29-3;/h4-6,8-9,12-14,16H,7,10-11,15H2,1-3H3,(H2,24,25,26);1H. The number of halogens is 1. The molecule has 2 aromatic carbocycles. The summed E-state index contributed by atoms with van der Waals surface area (Å²) in [5, 5.41) is 6.49. The van der Waals surface area contributed by atoms with Gasteiger partial charge in [-0.25, -0.2) is 4.98 Å². The van der Waals surface area contributed by atoms with Gasteiger partial charge >= 0.3 is 0 Å². The molecule has 1 aromatic heterocycles. The summed E-state index contributed by atoms with van der Waals surface area (Å²) in [6.45, 7) is 1.76. The van der Waals surface area contributed by atoms with E-state index in [1.807, 2.05) is 48.5 Å². The predicted molar refractivity (Wildman–Crippen MR) is 135 cm³/mol. The van der Waals surface area contributed by atoms with E-state index in [2.05, 4.69) is 20.6 Å². The summed E-state index contributed by atoms with van der Waals surface area (Å²) in [5.74, 6) is 3.39. The molecule has 172 valence electrons. The van der Waals surface area contributed by atoms with Crippen molar-refractivity contribution in [2.45, 2.75) is 13.0 Å². The monoisotopic (exact) mass is 552 g/mol. The van der Waals surface area contributed by atoms with Gasteiger partial charge in [0.15, 0.2) is 5.96 Å². The minimum atomic E-state index is 0. The molecule has 0 spiro atoms. The van der Waals surface area contributed by atoms with Gasteiger partial charge in [-0.05, 0) is 18.6 Å². The summed E-state index contributed by atoms with van der Waals surface area (Å²) < 4.78 is 21.9.